The van der Waals surface area contributed by atoms with Crippen molar-refractivity contribution < 1.29 is 47.3 Å². The highest BCUT2D eigenvalue weighted by Gasteiger charge is 2.58. The summed E-state index contributed by atoms with van der Waals surface area (Å²) >= 11 is 0. The molecule has 16 heteroatoms. The summed E-state index contributed by atoms with van der Waals surface area (Å²) in [4.78, 5) is 14.7. The normalized spacial score (nSPS) is 21.6. The Balaban J connectivity index is 1.22. The van der Waals surface area contributed by atoms with E-state index in [-0.39, 0.29) is 36.9 Å². The molecule has 0 radical (unpaired) electrons. The van der Waals surface area contributed by atoms with Crippen LogP contribution in [0.1, 0.15) is 140 Å². The molecule has 5 atom stereocenters. The fourth-order valence-corrected chi connectivity index (χ4v) is 8.17. The zero-order valence-corrected chi connectivity index (χ0v) is 35.5. The summed E-state index contributed by atoms with van der Waals surface area (Å²) in [5, 5.41) is 36.3. The van der Waals surface area contributed by atoms with Gasteiger partial charge in [-0.15, -0.1) is 0 Å². The number of benzene rings is 1. The third-order valence-electron chi connectivity index (χ3n) is 10.8. The summed E-state index contributed by atoms with van der Waals surface area (Å²) in [6.45, 7) is 4.15. The van der Waals surface area contributed by atoms with E-state index in [1.165, 1.54) is 119 Å². The maximum Gasteiger partial charge on any atom is 0.472 e. The van der Waals surface area contributed by atoms with Crippen LogP contribution in [0.2, 0.25) is 0 Å². The van der Waals surface area contributed by atoms with Crippen LogP contribution in [0.15, 0.2) is 36.7 Å². The Morgan fingerprint density at radius 3 is 2.24 bits per heavy atom. The van der Waals surface area contributed by atoms with Crippen LogP contribution in [0.4, 0.5) is 10.2 Å². The number of rotatable bonds is 29. The van der Waals surface area contributed by atoms with Crippen LogP contribution < -0.4 is 5.73 Å². The van der Waals surface area contributed by atoms with Crippen molar-refractivity contribution >= 4 is 19.2 Å². The van der Waals surface area contributed by atoms with Gasteiger partial charge in [-0.05, 0) is 56.2 Å². The number of ether oxygens (including phenoxy) is 3. The van der Waals surface area contributed by atoms with Gasteiger partial charge in [-0.1, -0.05) is 103 Å². The van der Waals surface area contributed by atoms with Gasteiger partial charge in [0.1, 0.15) is 35.0 Å². The van der Waals surface area contributed by atoms with Gasteiger partial charge < -0.3 is 35.1 Å². The number of nitrogens with zero attached hydrogens (tertiary/aromatic N) is 4. The van der Waals surface area contributed by atoms with Crippen molar-refractivity contribution in [3.63, 3.8) is 0 Å². The summed E-state index contributed by atoms with van der Waals surface area (Å²) in [5.41, 5.74) is 2.15. The molecule has 1 unspecified atom stereocenters. The van der Waals surface area contributed by atoms with E-state index in [1.807, 2.05) is 6.07 Å². The van der Waals surface area contributed by atoms with Crippen molar-refractivity contribution in [2.45, 2.75) is 153 Å². The van der Waals surface area contributed by atoms with Gasteiger partial charge in [0.15, 0.2) is 11.4 Å². The summed E-state index contributed by atoms with van der Waals surface area (Å²) in [6, 6.07) is 8.90. The Hall–Kier alpha value is -3.03. The highest BCUT2D eigenvalue weighted by atomic mass is 31.2. The molecule has 0 amide bonds. The first-order valence-electron chi connectivity index (χ1n) is 20.9. The number of phosphoric acid groups is 1. The molecule has 0 saturated carbocycles. The highest BCUT2D eigenvalue weighted by molar-refractivity contribution is 7.47. The zero-order valence-electron chi connectivity index (χ0n) is 34.6. The van der Waals surface area contributed by atoms with E-state index in [2.05, 4.69) is 17.0 Å². The second-order valence-corrected chi connectivity index (χ2v) is 17.6. The van der Waals surface area contributed by atoms with Gasteiger partial charge in [0.05, 0.1) is 50.4 Å². The largest absolute Gasteiger partial charge is 0.472 e. The Morgan fingerprint density at radius 1 is 1.00 bits per heavy atom. The molecule has 3 aromatic rings. The molecule has 0 bridgehead atoms. The number of fused-ring (bicyclic) bond motifs is 1. The minimum Gasteiger partial charge on any atom is -0.386 e. The number of nitrogen functional groups attached to an aromatic ring is 1. The van der Waals surface area contributed by atoms with Gasteiger partial charge in [-0.25, -0.2) is 18.5 Å². The molecule has 1 aliphatic rings. The number of hydrogen-bond acceptors (Lipinski definition) is 12. The molecule has 324 valence electrons. The van der Waals surface area contributed by atoms with Crippen LogP contribution in [0.5, 0.6) is 0 Å². The van der Waals surface area contributed by atoms with E-state index >= 15 is 0 Å². The zero-order chi connectivity index (χ0) is 42.1. The fourth-order valence-electron chi connectivity index (χ4n) is 7.24. The lowest BCUT2D eigenvalue weighted by Gasteiger charge is -2.33. The Bertz CT molecular complexity index is 1800. The molecular formula is C42H65FN5O9P. The van der Waals surface area contributed by atoms with E-state index in [9.17, 15) is 29.3 Å². The number of aromatic nitrogens is 3. The first-order chi connectivity index (χ1) is 27.7. The molecule has 1 aliphatic heterocycles. The van der Waals surface area contributed by atoms with Crippen LogP contribution in [-0.2, 0) is 40.0 Å². The topological polar surface area (TPSA) is 204 Å². The van der Waals surface area contributed by atoms with Crippen molar-refractivity contribution in [3.05, 3.63) is 59.3 Å². The van der Waals surface area contributed by atoms with E-state index in [1.54, 1.807) is 13.0 Å². The van der Waals surface area contributed by atoms with Crippen molar-refractivity contribution in [3.8, 4) is 6.07 Å². The van der Waals surface area contributed by atoms with Crippen molar-refractivity contribution in [1.82, 2.24) is 14.6 Å². The number of nitriles is 1. The minimum atomic E-state index is -4.81. The summed E-state index contributed by atoms with van der Waals surface area (Å²) in [6.07, 6.45) is 19.7. The van der Waals surface area contributed by atoms with Crippen LogP contribution in [0, 0.1) is 17.1 Å². The number of halogens is 1. The van der Waals surface area contributed by atoms with Gasteiger partial charge in [-0.3, -0.25) is 9.05 Å². The summed E-state index contributed by atoms with van der Waals surface area (Å²) in [7, 11) is -4.81. The number of hydrogen-bond donors (Lipinski definition) is 4. The van der Waals surface area contributed by atoms with Crippen LogP contribution in [0.3, 0.4) is 0 Å². The maximum absolute atomic E-state index is 14.2. The fraction of sp³-hybridized carbons (Fsp3) is 0.690. The van der Waals surface area contributed by atoms with Gasteiger partial charge in [0.25, 0.3) is 0 Å². The lowest BCUT2D eigenvalue weighted by atomic mass is 9.86. The second-order valence-electron chi connectivity index (χ2n) is 16.2. The number of unbranched alkanes of at least 4 members (excludes halogenated alkanes) is 15. The molecule has 1 saturated heterocycles. The predicted octanol–water partition coefficient (Wildman–Crippen LogP) is 8.05. The molecule has 4 rings (SSSR count). The number of nitrogens with two attached hydrogens (primary N) is 1. The second kappa shape index (κ2) is 23.1. The lowest BCUT2D eigenvalue weighted by Crippen LogP contribution is -2.49. The highest BCUT2D eigenvalue weighted by Crippen LogP contribution is 2.48. The molecule has 5 N–H and O–H groups in total. The van der Waals surface area contributed by atoms with Crippen molar-refractivity contribution in [1.29, 1.82) is 5.26 Å². The SMILES string of the molecule is CCCCCCCCCCCCCCCCCCOC[C@](C)(COP(=O)(O)OC[C@@]1(C)OC[C@@](O)(c2ccc3c(N)ncnn23)[C@@H]1O)OCc1cc(F)cc(C#N)c1. The van der Waals surface area contributed by atoms with Gasteiger partial charge in [0, 0.05) is 6.61 Å². The quantitative estimate of drug-likeness (QED) is 0.0387. The number of aliphatic hydroxyl groups excluding tert-OH is 1. The van der Waals surface area contributed by atoms with Gasteiger partial charge >= 0.3 is 7.82 Å². The van der Waals surface area contributed by atoms with Gasteiger partial charge in [0.2, 0.25) is 0 Å². The first-order valence-corrected chi connectivity index (χ1v) is 22.4. The third-order valence-corrected chi connectivity index (χ3v) is 11.8. The number of phosphoric ester groups is 1. The van der Waals surface area contributed by atoms with Crippen molar-refractivity contribution in [2.75, 3.05) is 38.8 Å². The van der Waals surface area contributed by atoms with Crippen LogP contribution in [-0.4, -0.2) is 80.0 Å². The molecule has 58 heavy (non-hydrogen) atoms. The Kier molecular flexibility index (Phi) is 19.0. The number of aliphatic hydroxyl groups is 2. The molecule has 1 fully saturated rings. The monoisotopic (exact) mass is 833 g/mol. The third kappa shape index (κ3) is 14.3. The van der Waals surface area contributed by atoms with Crippen LogP contribution in [0.25, 0.3) is 5.52 Å². The smallest absolute Gasteiger partial charge is 0.386 e. The average molecular weight is 834 g/mol. The van der Waals surface area contributed by atoms with Gasteiger partial charge in [-0.2, -0.15) is 10.4 Å². The van der Waals surface area contributed by atoms with E-state index in [0.717, 1.165) is 25.3 Å². The Labute approximate surface area is 342 Å². The minimum absolute atomic E-state index is 0.0158. The summed E-state index contributed by atoms with van der Waals surface area (Å²) < 4.78 is 57.2. The van der Waals surface area contributed by atoms with Crippen LogP contribution >= 0.6 is 7.82 Å². The standard InChI is InChI=1S/C42H65FN5O9P/c1-4-5-6-7-8-9-10-11-12-13-14-15-16-17-18-19-22-53-28-40(2,54-27-34-23-33(26-44)24-35(43)25-34)29-56-58(51,52)57-30-41(3)39(49)42(50,31-55-41)37-21-20-36-38(45)46-32-47-48(36)37/h20-21,23-25,32,39,49-50H,4-19,22,27-31H2,1-3H3,(H,51,52)(H2,45,46,47)/t39-,40-,41-,42-/m1/s1. The molecule has 2 aromatic heterocycles. The molecule has 14 nitrogen and oxygen atoms in total. The van der Waals surface area contributed by atoms with Crippen molar-refractivity contribution in [2.24, 2.45) is 0 Å². The van der Waals surface area contributed by atoms with E-state index in [4.69, 9.17) is 29.0 Å². The predicted molar refractivity (Wildman–Crippen MR) is 218 cm³/mol. The molecule has 3 heterocycles. The molecular weight excluding hydrogens is 768 g/mol. The average Bonchev–Trinajstić information content (AvgIpc) is 3.75. The molecule has 1 aromatic carbocycles. The molecule has 0 spiro atoms. The number of anilines is 1. The lowest BCUT2D eigenvalue weighted by molar-refractivity contribution is -0.123. The van der Waals surface area contributed by atoms with E-state index in [0.29, 0.717) is 17.7 Å². The molecule has 0 aliphatic carbocycles. The summed E-state index contributed by atoms with van der Waals surface area (Å²) in [5.74, 6) is -0.421. The van der Waals surface area contributed by atoms with E-state index < -0.39 is 49.8 Å². The maximum atomic E-state index is 14.2. The Morgan fingerprint density at radius 2 is 1.62 bits per heavy atom. The first kappa shape index (κ1) is 47.6.